The van der Waals surface area contributed by atoms with Crippen molar-refractivity contribution < 1.29 is 14.0 Å². The maximum absolute atomic E-state index is 13.3. The molecule has 1 aliphatic heterocycles. The lowest BCUT2D eigenvalue weighted by atomic mass is 9.91. The number of anilines is 1. The highest BCUT2D eigenvalue weighted by molar-refractivity contribution is 8.18. The number of carbonyl (C=O) groups is 2. The lowest BCUT2D eigenvalue weighted by Crippen LogP contribution is -2.37. The predicted molar refractivity (Wildman–Crippen MR) is 139 cm³/mol. The minimum Gasteiger partial charge on any atom is -0.351 e. The standard InChI is InChI=1S/C27H26FN5O2S/c28-19-7-5-17(6-8-19)23-4-2-1-3-18(23)16-30-20-9-11-21(12-10-20)31-26-29-14-13-22(32-26)15-24-25(34)33-27(35)36-24/h1-8,13-15,20-21,30H,9-12,16H2,(H,29,31,32)(H,33,34,35). The topological polar surface area (TPSA) is 96.0 Å². The molecule has 1 aliphatic carbocycles. The van der Waals surface area contributed by atoms with Gasteiger partial charge >= 0.3 is 0 Å². The van der Waals surface area contributed by atoms with E-state index in [1.165, 1.54) is 17.7 Å². The first-order chi connectivity index (χ1) is 17.5. The lowest BCUT2D eigenvalue weighted by molar-refractivity contribution is -0.115. The van der Waals surface area contributed by atoms with Crippen molar-refractivity contribution in [2.24, 2.45) is 0 Å². The Balaban J connectivity index is 1.14. The molecule has 0 bridgehead atoms. The van der Waals surface area contributed by atoms with E-state index in [1.807, 2.05) is 24.3 Å². The second-order valence-electron chi connectivity index (χ2n) is 8.90. The molecule has 2 aromatic carbocycles. The van der Waals surface area contributed by atoms with Crippen molar-refractivity contribution in [3.63, 3.8) is 0 Å². The van der Waals surface area contributed by atoms with Gasteiger partial charge < -0.3 is 10.6 Å². The molecule has 1 saturated heterocycles. The molecule has 0 unspecified atom stereocenters. The van der Waals surface area contributed by atoms with Gasteiger partial charge in [-0.05, 0) is 78.4 Å². The monoisotopic (exact) mass is 503 g/mol. The van der Waals surface area contributed by atoms with Gasteiger partial charge in [-0.25, -0.2) is 14.4 Å². The number of halogens is 1. The SMILES string of the molecule is O=C1NC(=O)C(=Cc2ccnc(NC3CCC(NCc4ccccc4-c4ccc(F)cc4)CC3)n2)S1. The Hall–Kier alpha value is -3.56. The van der Waals surface area contributed by atoms with Crippen molar-refractivity contribution in [3.8, 4) is 11.1 Å². The molecule has 7 nitrogen and oxygen atoms in total. The van der Waals surface area contributed by atoms with E-state index in [-0.39, 0.29) is 17.1 Å². The van der Waals surface area contributed by atoms with Crippen molar-refractivity contribution in [2.75, 3.05) is 5.32 Å². The summed E-state index contributed by atoms with van der Waals surface area (Å²) >= 11 is 0.872. The van der Waals surface area contributed by atoms with Crippen LogP contribution in [0.3, 0.4) is 0 Å². The third kappa shape index (κ3) is 5.98. The molecule has 1 saturated carbocycles. The zero-order valence-corrected chi connectivity index (χ0v) is 20.4. The summed E-state index contributed by atoms with van der Waals surface area (Å²) in [6.45, 7) is 0.754. The molecule has 3 N–H and O–H groups in total. The average Bonchev–Trinajstić information content (AvgIpc) is 3.20. The summed E-state index contributed by atoms with van der Waals surface area (Å²) < 4.78 is 13.3. The van der Waals surface area contributed by atoms with Crippen LogP contribution in [0.25, 0.3) is 17.2 Å². The van der Waals surface area contributed by atoms with Gasteiger partial charge in [-0.3, -0.25) is 14.9 Å². The summed E-state index contributed by atoms with van der Waals surface area (Å²) in [6, 6.07) is 17.2. The zero-order valence-electron chi connectivity index (χ0n) is 19.5. The van der Waals surface area contributed by atoms with E-state index in [9.17, 15) is 14.0 Å². The predicted octanol–water partition coefficient (Wildman–Crippen LogP) is 5.12. The van der Waals surface area contributed by atoms with Crippen LogP contribution >= 0.6 is 11.8 Å². The molecule has 2 amide bonds. The van der Waals surface area contributed by atoms with Crippen molar-refractivity contribution in [1.29, 1.82) is 0 Å². The van der Waals surface area contributed by atoms with E-state index in [2.05, 4.69) is 38.1 Å². The van der Waals surface area contributed by atoms with Gasteiger partial charge in [-0.1, -0.05) is 36.4 Å². The summed E-state index contributed by atoms with van der Waals surface area (Å²) in [5.41, 5.74) is 3.90. The van der Waals surface area contributed by atoms with Crippen LogP contribution in [0.2, 0.25) is 0 Å². The van der Waals surface area contributed by atoms with Crippen molar-refractivity contribution >= 4 is 34.9 Å². The highest BCUT2D eigenvalue weighted by atomic mass is 32.2. The molecule has 5 rings (SSSR count). The summed E-state index contributed by atoms with van der Waals surface area (Å²) in [7, 11) is 0. The first-order valence-corrected chi connectivity index (χ1v) is 12.8. The maximum Gasteiger partial charge on any atom is 0.290 e. The number of amides is 2. The Labute approximate surface area is 213 Å². The fraction of sp³-hybridized carbons (Fsp3) is 0.259. The van der Waals surface area contributed by atoms with E-state index in [4.69, 9.17) is 0 Å². The average molecular weight is 504 g/mol. The van der Waals surface area contributed by atoms with E-state index < -0.39 is 5.91 Å². The number of hydrogen-bond acceptors (Lipinski definition) is 7. The van der Waals surface area contributed by atoms with E-state index >= 15 is 0 Å². The van der Waals surface area contributed by atoms with E-state index in [1.54, 1.807) is 18.3 Å². The Bertz CT molecular complexity index is 1290. The van der Waals surface area contributed by atoms with Crippen LogP contribution in [0.1, 0.15) is 36.9 Å². The van der Waals surface area contributed by atoms with Crippen LogP contribution in [-0.2, 0) is 11.3 Å². The molecule has 3 aromatic rings. The molecule has 0 spiro atoms. The largest absolute Gasteiger partial charge is 0.351 e. The molecule has 0 radical (unpaired) electrons. The van der Waals surface area contributed by atoms with Crippen LogP contribution in [-0.4, -0.2) is 33.2 Å². The second-order valence-corrected chi connectivity index (χ2v) is 9.91. The van der Waals surface area contributed by atoms with Crippen LogP contribution < -0.4 is 16.0 Å². The number of benzene rings is 2. The Morgan fingerprint density at radius 2 is 1.75 bits per heavy atom. The van der Waals surface area contributed by atoms with E-state index in [0.717, 1.165) is 55.1 Å². The highest BCUT2D eigenvalue weighted by Crippen LogP contribution is 2.27. The third-order valence-corrected chi connectivity index (χ3v) is 7.22. The molecule has 1 aromatic heterocycles. The molecular weight excluding hydrogens is 477 g/mol. The van der Waals surface area contributed by atoms with Gasteiger partial charge in [-0.15, -0.1) is 0 Å². The van der Waals surface area contributed by atoms with Gasteiger partial charge in [0.05, 0.1) is 10.6 Å². The fourth-order valence-corrected chi connectivity index (χ4v) is 5.21. The van der Waals surface area contributed by atoms with Crippen molar-refractivity contribution in [2.45, 2.75) is 44.3 Å². The molecule has 9 heteroatoms. The Kier molecular flexibility index (Phi) is 7.39. The first kappa shape index (κ1) is 24.1. The molecule has 2 aliphatic rings. The minimum atomic E-state index is -0.399. The van der Waals surface area contributed by atoms with Crippen molar-refractivity contribution in [1.82, 2.24) is 20.6 Å². The number of aromatic nitrogens is 2. The smallest absolute Gasteiger partial charge is 0.290 e. The summed E-state index contributed by atoms with van der Waals surface area (Å²) in [5, 5.41) is 8.98. The van der Waals surface area contributed by atoms with Gasteiger partial charge in [0.2, 0.25) is 5.95 Å². The minimum absolute atomic E-state index is 0.231. The Morgan fingerprint density at radius 3 is 2.50 bits per heavy atom. The van der Waals surface area contributed by atoms with Crippen LogP contribution in [0.4, 0.5) is 15.1 Å². The lowest BCUT2D eigenvalue weighted by Gasteiger charge is -2.30. The van der Waals surface area contributed by atoms with Gasteiger partial charge in [-0.2, -0.15) is 0 Å². The molecule has 2 heterocycles. The molecule has 184 valence electrons. The molecule has 0 atom stereocenters. The fourth-order valence-electron chi connectivity index (χ4n) is 4.54. The van der Waals surface area contributed by atoms with Gasteiger partial charge in [0.25, 0.3) is 11.1 Å². The maximum atomic E-state index is 13.3. The van der Waals surface area contributed by atoms with Crippen LogP contribution in [0, 0.1) is 5.82 Å². The normalized spacial score (nSPS) is 21.0. The number of imide groups is 1. The number of nitrogens with one attached hydrogen (secondary N) is 3. The van der Waals surface area contributed by atoms with Crippen LogP contribution in [0.5, 0.6) is 0 Å². The zero-order chi connectivity index (χ0) is 24.9. The van der Waals surface area contributed by atoms with Gasteiger partial charge in [0.1, 0.15) is 5.82 Å². The Morgan fingerprint density at radius 1 is 1.00 bits per heavy atom. The molecule has 36 heavy (non-hydrogen) atoms. The third-order valence-electron chi connectivity index (χ3n) is 6.41. The first-order valence-electron chi connectivity index (χ1n) is 12.0. The summed E-state index contributed by atoms with van der Waals surface area (Å²) in [4.78, 5) is 32.3. The quantitative estimate of drug-likeness (QED) is 0.385. The molecule has 2 fully saturated rings. The number of carbonyl (C=O) groups excluding carboxylic acids is 2. The summed E-state index contributed by atoms with van der Waals surface area (Å²) in [5.74, 6) is -0.112. The van der Waals surface area contributed by atoms with E-state index in [0.29, 0.717) is 22.6 Å². The number of thioether (sulfide) groups is 1. The molecular formula is C27H26FN5O2S. The highest BCUT2D eigenvalue weighted by Gasteiger charge is 2.25. The number of nitrogens with zero attached hydrogens (tertiary/aromatic N) is 2. The summed E-state index contributed by atoms with van der Waals surface area (Å²) in [6.07, 6.45) is 7.27. The van der Waals surface area contributed by atoms with Gasteiger partial charge in [0, 0.05) is 24.8 Å². The van der Waals surface area contributed by atoms with Crippen molar-refractivity contribution in [3.05, 3.63) is 82.8 Å². The number of rotatable bonds is 7. The van der Waals surface area contributed by atoms with Gasteiger partial charge in [0.15, 0.2) is 0 Å². The second kappa shape index (κ2) is 11.0. The number of hydrogen-bond donors (Lipinski definition) is 3. The van der Waals surface area contributed by atoms with Crippen LogP contribution in [0.15, 0.2) is 65.7 Å².